The second-order valence-electron chi connectivity index (χ2n) is 6.58. The number of benzene rings is 1. The van der Waals surface area contributed by atoms with Crippen LogP contribution >= 0.6 is 24.0 Å². The lowest BCUT2D eigenvalue weighted by atomic mass is 10.2. The number of ether oxygens (including phenoxy) is 2. The van der Waals surface area contributed by atoms with Gasteiger partial charge in [0.05, 0.1) is 18.8 Å². The Balaban J connectivity index is 0.00000300. The number of aliphatic imine (C=N–C) groups is 1. The fourth-order valence-corrected chi connectivity index (χ4v) is 3.34. The summed E-state index contributed by atoms with van der Waals surface area (Å²) in [5.74, 6) is 3.25. The Morgan fingerprint density at radius 2 is 1.90 bits per heavy atom. The molecule has 1 aromatic heterocycles. The molecule has 8 heteroatoms. The smallest absolute Gasteiger partial charge is 0.191 e. The highest BCUT2D eigenvalue weighted by atomic mass is 127. The first kappa shape index (κ1) is 23.3. The van der Waals surface area contributed by atoms with Crippen molar-refractivity contribution in [3.63, 3.8) is 0 Å². The third-order valence-electron chi connectivity index (χ3n) is 4.88. The number of halogens is 1. The summed E-state index contributed by atoms with van der Waals surface area (Å²) in [7, 11) is 1.77. The highest BCUT2D eigenvalue weighted by Gasteiger charge is 2.22. The van der Waals surface area contributed by atoms with Crippen molar-refractivity contribution in [1.29, 1.82) is 0 Å². The van der Waals surface area contributed by atoms with Crippen molar-refractivity contribution in [2.45, 2.75) is 26.0 Å². The predicted molar refractivity (Wildman–Crippen MR) is 126 cm³/mol. The van der Waals surface area contributed by atoms with Crippen LogP contribution in [-0.4, -0.2) is 56.8 Å². The van der Waals surface area contributed by atoms with Crippen LogP contribution in [0.2, 0.25) is 0 Å². The molecule has 1 aliphatic heterocycles. The molecule has 1 aromatic carbocycles. The number of hydrogen-bond acceptors (Lipinski definition) is 5. The van der Waals surface area contributed by atoms with Gasteiger partial charge in [-0.25, -0.2) is 0 Å². The first-order chi connectivity index (χ1) is 13.7. The number of nitrogens with zero attached hydrogens (tertiary/aromatic N) is 2. The first-order valence-electron chi connectivity index (χ1n) is 9.85. The molecule has 2 aromatic rings. The summed E-state index contributed by atoms with van der Waals surface area (Å²) in [6, 6.07) is 11.8. The van der Waals surface area contributed by atoms with Gasteiger partial charge in [-0.05, 0) is 37.4 Å². The molecule has 1 aliphatic rings. The lowest BCUT2D eigenvalue weighted by molar-refractivity contribution is 0.0935. The van der Waals surface area contributed by atoms with E-state index in [1.807, 2.05) is 36.4 Å². The Bertz CT molecular complexity index is 750. The van der Waals surface area contributed by atoms with Crippen LogP contribution in [-0.2, 0) is 0 Å². The Hall–Kier alpha value is -1.94. The summed E-state index contributed by atoms with van der Waals surface area (Å²) < 4.78 is 17.4. The molecule has 2 heterocycles. The number of fused-ring (bicyclic) bond motifs is 1. The van der Waals surface area contributed by atoms with Crippen molar-refractivity contribution in [1.82, 2.24) is 15.5 Å². The lowest BCUT2D eigenvalue weighted by Crippen LogP contribution is -2.47. The third kappa shape index (κ3) is 6.27. The van der Waals surface area contributed by atoms with Gasteiger partial charge >= 0.3 is 0 Å². The number of furan rings is 1. The van der Waals surface area contributed by atoms with Gasteiger partial charge in [-0.15, -0.1) is 24.0 Å². The molecule has 0 amide bonds. The average molecular weight is 514 g/mol. The molecule has 3 rings (SSSR count). The van der Waals surface area contributed by atoms with E-state index in [1.54, 1.807) is 13.3 Å². The third-order valence-corrected chi connectivity index (χ3v) is 4.88. The van der Waals surface area contributed by atoms with Crippen LogP contribution in [0.1, 0.15) is 25.6 Å². The zero-order valence-corrected chi connectivity index (χ0v) is 19.6. The van der Waals surface area contributed by atoms with E-state index in [9.17, 15) is 0 Å². The van der Waals surface area contributed by atoms with Crippen molar-refractivity contribution in [3.05, 3.63) is 48.4 Å². The molecule has 0 saturated carbocycles. The molecular weight excluding hydrogens is 483 g/mol. The van der Waals surface area contributed by atoms with Crippen molar-refractivity contribution in [3.8, 4) is 11.5 Å². The van der Waals surface area contributed by atoms with Crippen LogP contribution in [0.4, 0.5) is 0 Å². The van der Waals surface area contributed by atoms with E-state index in [1.165, 1.54) is 0 Å². The summed E-state index contributed by atoms with van der Waals surface area (Å²) in [5, 5.41) is 6.74. The van der Waals surface area contributed by atoms with Crippen LogP contribution in [0, 0.1) is 0 Å². The molecule has 0 radical (unpaired) electrons. The highest BCUT2D eigenvalue weighted by molar-refractivity contribution is 14.0. The minimum Gasteiger partial charge on any atom is -0.486 e. The highest BCUT2D eigenvalue weighted by Crippen LogP contribution is 2.30. The number of para-hydroxylation sites is 2. The molecule has 0 fully saturated rings. The van der Waals surface area contributed by atoms with Crippen LogP contribution in [0.15, 0.2) is 52.1 Å². The van der Waals surface area contributed by atoms with Gasteiger partial charge in [0.2, 0.25) is 0 Å². The number of rotatable bonds is 8. The summed E-state index contributed by atoms with van der Waals surface area (Å²) >= 11 is 0. The van der Waals surface area contributed by atoms with E-state index in [0.717, 1.165) is 36.3 Å². The molecule has 0 bridgehead atoms. The van der Waals surface area contributed by atoms with E-state index in [2.05, 4.69) is 34.4 Å². The maximum atomic E-state index is 5.99. The zero-order valence-electron chi connectivity index (χ0n) is 17.3. The Morgan fingerprint density at radius 1 is 1.14 bits per heavy atom. The normalized spacial score (nSPS) is 16.8. The second kappa shape index (κ2) is 11.9. The fourth-order valence-electron chi connectivity index (χ4n) is 3.34. The first-order valence-corrected chi connectivity index (χ1v) is 9.85. The summed E-state index contributed by atoms with van der Waals surface area (Å²) in [5.41, 5.74) is 0. The van der Waals surface area contributed by atoms with Gasteiger partial charge in [-0.1, -0.05) is 26.0 Å². The summed E-state index contributed by atoms with van der Waals surface area (Å²) in [6.45, 7) is 8.01. The van der Waals surface area contributed by atoms with Crippen molar-refractivity contribution >= 4 is 29.9 Å². The molecule has 2 atom stereocenters. The topological polar surface area (TPSA) is 71.3 Å². The number of guanidine groups is 1. The van der Waals surface area contributed by atoms with Crippen LogP contribution in [0.5, 0.6) is 11.5 Å². The van der Waals surface area contributed by atoms with Gasteiger partial charge in [0.25, 0.3) is 0 Å². The molecule has 0 spiro atoms. The minimum absolute atomic E-state index is 0. The molecule has 160 valence electrons. The standard InChI is InChI=1S/C21H30N4O3.HI/c1-4-25(5-2)17(18-11-8-12-26-18)14-24-21(22-3)23-13-16-15-27-19-9-6-7-10-20(19)28-16;/h6-12,16-17H,4-5,13-15H2,1-3H3,(H2,22,23,24);1H. The van der Waals surface area contributed by atoms with E-state index < -0.39 is 0 Å². The van der Waals surface area contributed by atoms with Gasteiger partial charge in [0.15, 0.2) is 17.5 Å². The zero-order chi connectivity index (χ0) is 19.8. The molecule has 2 unspecified atom stereocenters. The molecule has 0 saturated heterocycles. The SMILES string of the molecule is CCN(CC)C(CNC(=NC)NCC1COc2ccccc2O1)c1ccco1.I. The summed E-state index contributed by atoms with van der Waals surface area (Å²) in [6.07, 6.45) is 1.65. The number of nitrogens with one attached hydrogen (secondary N) is 2. The summed E-state index contributed by atoms with van der Waals surface area (Å²) in [4.78, 5) is 6.69. The second-order valence-corrected chi connectivity index (χ2v) is 6.58. The molecule has 0 aliphatic carbocycles. The molecule has 2 N–H and O–H groups in total. The Labute approximate surface area is 189 Å². The number of hydrogen-bond donors (Lipinski definition) is 2. The van der Waals surface area contributed by atoms with Gasteiger partial charge in [-0.3, -0.25) is 9.89 Å². The minimum atomic E-state index is -0.0721. The van der Waals surface area contributed by atoms with E-state index in [4.69, 9.17) is 13.9 Å². The Kier molecular flexibility index (Phi) is 9.59. The average Bonchev–Trinajstić information content (AvgIpc) is 3.27. The maximum Gasteiger partial charge on any atom is 0.191 e. The predicted octanol–water partition coefficient (Wildman–Crippen LogP) is 3.29. The van der Waals surface area contributed by atoms with Gasteiger partial charge in [-0.2, -0.15) is 0 Å². The van der Waals surface area contributed by atoms with E-state index in [-0.39, 0.29) is 36.1 Å². The van der Waals surface area contributed by atoms with Gasteiger partial charge in [0.1, 0.15) is 18.5 Å². The fraction of sp³-hybridized carbons (Fsp3) is 0.476. The quantitative estimate of drug-likeness (QED) is 0.320. The van der Waals surface area contributed by atoms with Gasteiger partial charge < -0.3 is 24.5 Å². The number of likely N-dealkylation sites (N-methyl/N-ethyl adjacent to an activating group) is 1. The van der Waals surface area contributed by atoms with Crippen molar-refractivity contribution in [2.24, 2.45) is 4.99 Å². The largest absolute Gasteiger partial charge is 0.486 e. The lowest BCUT2D eigenvalue weighted by Gasteiger charge is -2.29. The van der Waals surface area contributed by atoms with Gasteiger partial charge in [0, 0.05) is 13.6 Å². The monoisotopic (exact) mass is 514 g/mol. The van der Waals surface area contributed by atoms with Crippen LogP contribution in [0.3, 0.4) is 0 Å². The molecule has 29 heavy (non-hydrogen) atoms. The molecule has 7 nitrogen and oxygen atoms in total. The van der Waals surface area contributed by atoms with E-state index in [0.29, 0.717) is 19.7 Å². The maximum absolute atomic E-state index is 5.99. The Morgan fingerprint density at radius 3 is 2.55 bits per heavy atom. The van der Waals surface area contributed by atoms with Crippen molar-refractivity contribution < 1.29 is 13.9 Å². The van der Waals surface area contributed by atoms with Crippen LogP contribution in [0.25, 0.3) is 0 Å². The molecular formula is C21H31IN4O3. The van der Waals surface area contributed by atoms with Crippen LogP contribution < -0.4 is 20.1 Å². The van der Waals surface area contributed by atoms with Crippen molar-refractivity contribution in [2.75, 3.05) is 39.8 Å². The van der Waals surface area contributed by atoms with E-state index >= 15 is 0 Å².